The summed E-state index contributed by atoms with van der Waals surface area (Å²) in [6.45, 7) is 0. The number of anilines is 1. The predicted octanol–water partition coefficient (Wildman–Crippen LogP) is 3.99. The SMILES string of the molecule is COc1ccc(-c2csc(NC(=O)c3cc([N+](=O)[O-])ccc3OC)n2)cc1. The molecule has 27 heavy (non-hydrogen) atoms. The molecule has 1 heterocycles. The van der Waals surface area contributed by atoms with Gasteiger partial charge in [-0.05, 0) is 30.3 Å². The van der Waals surface area contributed by atoms with Crippen molar-refractivity contribution in [2.24, 2.45) is 0 Å². The summed E-state index contributed by atoms with van der Waals surface area (Å²) in [6.07, 6.45) is 0. The zero-order valence-corrected chi connectivity index (χ0v) is 15.3. The van der Waals surface area contributed by atoms with Crippen LogP contribution >= 0.6 is 11.3 Å². The smallest absolute Gasteiger partial charge is 0.270 e. The number of rotatable bonds is 6. The van der Waals surface area contributed by atoms with Gasteiger partial charge in [-0.3, -0.25) is 20.2 Å². The first-order chi connectivity index (χ1) is 13.0. The third kappa shape index (κ3) is 4.04. The number of aromatic nitrogens is 1. The highest BCUT2D eigenvalue weighted by molar-refractivity contribution is 7.14. The number of amides is 1. The number of hydrogen-bond acceptors (Lipinski definition) is 7. The number of carbonyl (C=O) groups excluding carboxylic acids is 1. The second kappa shape index (κ2) is 7.83. The van der Waals surface area contributed by atoms with E-state index in [1.807, 2.05) is 29.6 Å². The van der Waals surface area contributed by atoms with Crippen LogP contribution in [0.1, 0.15) is 10.4 Å². The lowest BCUT2D eigenvalue weighted by atomic mass is 10.1. The van der Waals surface area contributed by atoms with Gasteiger partial charge >= 0.3 is 0 Å². The number of non-ortho nitro benzene ring substituents is 1. The molecular weight excluding hydrogens is 370 g/mol. The minimum Gasteiger partial charge on any atom is -0.497 e. The third-order valence-corrected chi connectivity index (χ3v) is 4.51. The first kappa shape index (κ1) is 18.3. The summed E-state index contributed by atoms with van der Waals surface area (Å²) in [4.78, 5) is 27.3. The monoisotopic (exact) mass is 385 g/mol. The normalized spacial score (nSPS) is 10.3. The Labute approximate surface area is 158 Å². The van der Waals surface area contributed by atoms with Gasteiger partial charge in [0.25, 0.3) is 11.6 Å². The molecule has 0 atom stereocenters. The maximum Gasteiger partial charge on any atom is 0.270 e. The summed E-state index contributed by atoms with van der Waals surface area (Å²) in [5.41, 5.74) is 1.44. The number of thiazole rings is 1. The van der Waals surface area contributed by atoms with Crippen LogP contribution in [0.5, 0.6) is 11.5 Å². The van der Waals surface area contributed by atoms with Gasteiger partial charge in [-0.25, -0.2) is 4.98 Å². The molecule has 0 aliphatic carbocycles. The highest BCUT2D eigenvalue weighted by atomic mass is 32.1. The van der Waals surface area contributed by atoms with Gasteiger partial charge in [-0.2, -0.15) is 0 Å². The minimum absolute atomic E-state index is 0.0629. The first-order valence-corrected chi connectivity index (χ1v) is 8.63. The molecular formula is C18H15N3O5S. The van der Waals surface area contributed by atoms with Crippen molar-refractivity contribution in [2.45, 2.75) is 0 Å². The van der Waals surface area contributed by atoms with Crippen LogP contribution in [-0.4, -0.2) is 30.0 Å². The van der Waals surface area contributed by atoms with Crippen LogP contribution in [-0.2, 0) is 0 Å². The fourth-order valence-electron chi connectivity index (χ4n) is 2.38. The van der Waals surface area contributed by atoms with Crippen molar-refractivity contribution in [1.29, 1.82) is 0 Å². The van der Waals surface area contributed by atoms with E-state index in [2.05, 4.69) is 10.3 Å². The highest BCUT2D eigenvalue weighted by Gasteiger charge is 2.18. The number of benzene rings is 2. The fraction of sp³-hybridized carbons (Fsp3) is 0.111. The fourth-order valence-corrected chi connectivity index (χ4v) is 3.09. The van der Waals surface area contributed by atoms with Crippen molar-refractivity contribution in [3.8, 4) is 22.8 Å². The summed E-state index contributed by atoms with van der Waals surface area (Å²) in [6, 6.07) is 11.2. The Morgan fingerprint density at radius 1 is 1.15 bits per heavy atom. The van der Waals surface area contributed by atoms with Gasteiger partial charge in [0.1, 0.15) is 11.5 Å². The van der Waals surface area contributed by atoms with Crippen LogP contribution in [0.15, 0.2) is 47.8 Å². The van der Waals surface area contributed by atoms with E-state index in [0.717, 1.165) is 11.3 Å². The van der Waals surface area contributed by atoms with E-state index in [1.165, 1.54) is 36.6 Å². The molecule has 0 aliphatic rings. The average Bonchev–Trinajstić information content (AvgIpc) is 3.15. The Balaban J connectivity index is 1.81. The topological polar surface area (TPSA) is 104 Å². The summed E-state index contributed by atoms with van der Waals surface area (Å²) in [5, 5.41) is 15.8. The van der Waals surface area contributed by atoms with Crippen LogP contribution in [0.25, 0.3) is 11.3 Å². The molecule has 138 valence electrons. The van der Waals surface area contributed by atoms with Crippen molar-refractivity contribution in [2.75, 3.05) is 19.5 Å². The molecule has 3 aromatic rings. The van der Waals surface area contributed by atoms with Gasteiger partial charge in [0.15, 0.2) is 5.13 Å². The number of nitrogens with zero attached hydrogens (tertiary/aromatic N) is 2. The number of methoxy groups -OCH3 is 2. The molecule has 0 radical (unpaired) electrons. The first-order valence-electron chi connectivity index (χ1n) is 7.75. The number of nitrogens with one attached hydrogen (secondary N) is 1. The summed E-state index contributed by atoms with van der Waals surface area (Å²) >= 11 is 1.25. The Hall–Kier alpha value is -3.46. The zero-order chi connectivity index (χ0) is 19.4. The molecule has 1 aromatic heterocycles. The summed E-state index contributed by atoms with van der Waals surface area (Å²) in [5.74, 6) is 0.441. The largest absolute Gasteiger partial charge is 0.497 e. The second-order valence-corrected chi connectivity index (χ2v) is 6.22. The van der Waals surface area contributed by atoms with E-state index in [-0.39, 0.29) is 17.0 Å². The molecule has 0 saturated carbocycles. The van der Waals surface area contributed by atoms with Crippen molar-refractivity contribution in [3.63, 3.8) is 0 Å². The molecule has 3 rings (SSSR count). The van der Waals surface area contributed by atoms with Crippen molar-refractivity contribution >= 4 is 28.1 Å². The molecule has 2 aromatic carbocycles. The highest BCUT2D eigenvalue weighted by Crippen LogP contribution is 2.28. The molecule has 0 unspecified atom stereocenters. The Morgan fingerprint density at radius 3 is 2.52 bits per heavy atom. The molecule has 1 amide bonds. The Morgan fingerprint density at radius 2 is 1.89 bits per heavy atom. The summed E-state index contributed by atoms with van der Waals surface area (Å²) in [7, 11) is 2.98. The van der Waals surface area contributed by atoms with Crippen LogP contribution in [0.2, 0.25) is 0 Å². The van der Waals surface area contributed by atoms with Crippen LogP contribution in [0.4, 0.5) is 10.8 Å². The van der Waals surface area contributed by atoms with E-state index in [1.54, 1.807) is 7.11 Å². The van der Waals surface area contributed by atoms with E-state index in [0.29, 0.717) is 10.8 Å². The number of carbonyl (C=O) groups is 1. The van der Waals surface area contributed by atoms with E-state index in [9.17, 15) is 14.9 Å². The lowest BCUT2D eigenvalue weighted by molar-refractivity contribution is -0.384. The van der Waals surface area contributed by atoms with Gasteiger partial charge in [0.2, 0.25) is 0 Å². The zero-order valence-electron chi connectivity index (χ0n) is 14.5. The average molecular weight is 385 g/mol. The van der Waals surface area contributed by atoms with Crippen LogP contribution in [0, 0.1) is 10.1 Å². The predicted molar refractivity (Wildman–Crippen MR) is 102 cm³/mol. The van der Waals surface area contributed by atoms with Gasteiger partial charge < -0.3 is 9.47 Å². The molecule has 1 N–H and O–H groups in total. The number of ether oxygens (including phenoxy) is 2. The van der Waals surface area contributed by atoms with Gasteiger partial charge in [-0.15, -0.1) is 11.3 Å². The quantitative estimate of drug-likeness (QED) is 0.508. The summed E-state index contributed by atoms with van der Waals surface area (Å²) < 4.78 is 10.2. The lowest BCUT2D eigenvalue weighted by Crippen LogP contribution is -2.13. The maximum atomic E-state index is 12.5. The molecule has 9 heteroatoms. The Kier molecular flexibility index (Phi) is 5.32. The van der Waals surface area contributed by atoms with Crippen molar-refractivity contribution in [1.82, 2.24) is 4.98 Å². The van der Waals surface area contributed by atoms with Gasteiger partial charge in [0, 0.05) is 23.1 Å². The maximum absolute atomic E-state index is 12.5. The lowest BCUT2D eigenvalue weighted by Gasteiger charge is -2.07. The molecule has 0 aliphatic heterocycles. The molecule has 0 fully saturated rings. The van der Waals surface area contributed by atoms with E-state index < -0.39 is 10.8 Å². The Bertz CT molecular complexity index is 985. The molecule has 0 spiro atoms. The van der Waals surface area contributed by atoms with Crippen molar-refractivity contribution in [3.05, 3.63) is 63.5 Å². The third-order valence-electron chi connectivity index (χ3n) is 3.75. The van der Waals surface area contributed by atoms with Crippen LogP contribution in [0.3, 0.4) is 0 Å². The van der Waals surface area contributed by atoms with Crippen LogP contribution < -0.4 is 14.8 Å². The van der Waals surface area contributed by atoms with E-state index >= 15 is 0 Å². The molecule has 0 bridgehead atoms. The standard InChI is InChI=1S/C18H15N3O5S/c1-25-13-6-3-11(4-7-13)15-10-27-18(19-15)20-17(22)14-9-12(21(23)24)5-8-16(14)26-2/h3-10H,1-2H3,(H,19,20,22). The second-order valence-electron chi connectivity index (χ2n) is 5.36. The number of nitro groups is 1. The number of nitro benzene ring substituents is 1. The molecule has 0 saturated heterocycles. The van der Waals surface area contributed by atoms with Gasteiger partial charge in [0.05, 0.1) is 30.4 Å². The minimum atomic E-state index is -0.568. The number of hydrogen-bond donors (Lipinski definition) is 1. The van der Waals surface area contributed by atoms with E-state index in [4.69, 9.17) is 9.47 Å². The van der Waals surface area contributed by atoms with Crippen molar-refractivity contribution < 1.29 is 19.2 Å². The van der Waals surface area contributed by atoms with Gasteiger partial charge in [-0.1, -0.05) is 0 Å². The molecule has 8 nitrogen and oxygen atoms in total.